The highest BCUT2D eigenvalue weighted by Gasteiger charge is 2.08. The van der Waals surface area contributed by atoms with E-state index >= 15 is 0 Å². The van der Waals surface area contributed by atoms with Crippen molar-refractivity contribution in [2.45, 2.75) is 13.5 Å². The van der Waals surface area contributed by atoms with Crippen LogP contribution in [0.3, 0.4) is 0 Å². The maximum Gasteiger partial charge on any atom is 0.258 e. The maximum atomic E-state index is 12.2. The molecule has 4 aromatic rings. The van der Waals surface area contributed by atoms with E-state index in [-0.39, 0.29) is 18.1 Å². The Labute approximate surface area is 175 Å². The molecule has 0 atom stereocenters. The van der Waals surface area contributed by atoms with Crippen molar-refractivity contribution >= 4 is 39.5 Å². The normalized spacial score (nSPS) is 10.8. The van der Waals surface area contributed by atoms with Crippen molar-refractivity contribution in [1.29, 1.82) is 0 Å². The third kappa shape index (κ3) is 4.47. The molecule has 0 aliphatic carbocycles. The zero-order valence-electron chi connectivity index (χ0n) is 15.4. The van der Waals surface area contributed by atoms with Gasteiger partial charge in [-0.2, -0.15) is 0 Å². The van der Waals surface area contributed by atoms with Gasteiger partial charge in [0.1, 0.15) is 12.4 Å². The number of carbonyl (C=O) groups excluding carboxylic acids is 1. The number of benzene rings is 2. The molecule has 4 rings (SSSR count). The monoisotopic (exact) mass is 425 g/mol. The summed E-state index contributed by atoms with van der Waals surface area (Å²) in [6, 6.07) is 15.1. The molecule has 8 heteroatoms. The molecule has 1 amide bonds. The zero-order chi connectivity index (χ0) is 20.4. The Balaban J connectivity index is 1.40. The number of anilines is 1. The van der Waals surface area contributed by atoms with Gasteiger partial charge in [0, 0.05) is 33.4 Å². The van der Waals surface area contributed by atoms with E-state index < -0.39 is 0 Å². The molecule has 0 saturated heterocycles. The Kier molecular flexibility index (Phi) is 5.33. The van der Waals surface area contributed by atoms with Crippen molar-refractivity contribution in [3.8, 4) is 5.75 Å². The first kappa shape index (κ1) is 19.2. The SMILES string of the molecule is Cc1cn2c(=O)cc(COc3ccc(NC(=O)c4ccc(Cl)cc4)cc3)nc2s1. The molecule has 0 spiro atoms. The molecule has 146 valence electrons. The first-order valence-electron chi connectivity index (χ1n) is 8.76. The van der Waals surface area contributed by atoms with Crippen LogP contribution < -0.4 is 15.6 Å². The number of aromatic nitrogens is 2. The Bertz CT molecular complexity index is 1230. The van der Waals surface area contributed by atoms with Gasteiger partial charge >= 0.3 is 0 Å². The van der Waals surface area contributed by atoms with Crippen LogP contribution in [0.4, 0.5) is 5.69 Å². The molecular weight excluding hydrogens is 410 g/mol. The van der Waals surface area contributed by atoms with Crippen molar-refractivity contribution in [3.05, 3.63) is 92.3 Å². The van der Waals surface area contributed by atoms with Crippen molar-refractivity contribution in [2.24, 2.45) is 0 Å². The van der Waals surface area contributed by atoms with Gasteiger partial charge in [0.15, 0.2) is 4.96 Å². The zero-order valence-corrected chi connectivity index (χ0v) is 17.0. The first-order valence-corrected chi connectivity index (χ1v) is 9.96. The fourth-order valence-electron chi connectivity index (χ4n) is 2.73. The number of carbonyl (C=O) groups is 1. The van der Waals surface area contributed by atoms with Crippen LogP contribution in [0.15, 0.2) is 65.6 Å². The standard InChI is InChI=1S/C21H16ClN3O3S/c1-13-11-25-19(26)10-17(24-21(25)29-13)12-28-18-8-6-16(7-9-18)23-20(27)14-2-4-15(22)5-3-14/h2-11H,12H2,1H3,(H,23,27). The minimum Gasteiger partial charge on any atom is -0.487 e. The van der Waals surface area contributed by atoms with E-state index in [1.807, 2.05) is 6.92 Å². The molecule has 1 N–H and O–H groups in total. The second-order valence-corrected chi connectivity index (χ2v) is 8.00. The Morgan fingerprint density at radius 1 is 1.17 bits per heavy atom. The molecule has 0 radical (unpaired) electrons. The van der Waals surface area contributed by atoms with Gasteiger partial charge in [0.05, 0.1) is 5.69 Å². The third-order valence-corrected chi connectivity index (χ3v) is 5.29. The summed E-state index contributed by atoms with van der Waals surface area (Å²) in [5.74, 6) is 0.387. The number of halogens is 1. The van der Waals surface area contributed by atoms with Crippen LogP contribution in [0, 0.1) is 6.92 Å². The summed E-state index contributed by atoms with van der Waals surface area (Å²) >= 11 is 7.30. The van der Waals surface area contributed by atoms with Crippen LogP contribution in [0.2, 0.25) is 5.02 Å². The van der Waals surface area contributed by atoms with Gasteiger partial charge in [-0.25, -0.2) is 4.98 Å². The number of fused-ring (bicyclic) bond motifs is 1. The predicted molar refractivity (Wildman–Crippen MR) is 114 cm³/mol. The quantitative estimate of drug-likeness (QED) is 0.509. The van der Waals surface area contributed by atoms with Crippen LogP contribution in [0.5, 0.6) is 5.75 Å². The second kappa shape index (κ2) is 8.06. The summed E-state index contributed by atoms with van der Waals surface area (Å²) in [6.07, 6.45) is 1.77. The van der Waals surface area contributed by atoms with Crippen LogP contribution in [0.25, 0.3) is 4.96 Å². The highest BCUT2D eigenvalue weighted by molar-refractivity contribution is 7.16. The molecule has 29 heavy (non-hydrogen) atoms. The van der Waals surface area contributed by atoms with Crippen molar-refractivity contribution in [1.82, 2.24) is 9.38 Å². The molecule has 2 aromatic carbocycles. The first-order chi connectivity index (χ1) is 14.0. The number of amides is 1. The smallest absolute Gasteiger partial charge is 0.258 e. The lowest BCUT2D eigenvalue weighted by atomic mass is 10.2. The highest BCUT2D eigenvalue weighted by atomic mass is 35.5. The fourth-order valence-corrected chi connectivity index (χ4v) is 3.70. The average Bonchev–Trinajstić information content (AvgIpc) is 3.09. The Morgan fingerprint density at radius 3 is 2.62 bits per heavy atom. The number of rotatable bonds is 5. The van der Waals surface area contributed by atoms with Crippen LogP contribution in [0.1, 0.15) is 20.9 Å². The lowest BCUT2D eigenvalue weighted by Crippen LogP contribution is -2.14. The summed E-state index contributed by atoms with van der Waals surface area (Å²) < 4.78 is 7.26. The molecule has 0 aliphatic rings. The van der Waals surface area contributed by atoms with Gasteiger partial charge in [-0.05, 0) is 55.5 Å². The van der Waals surface area contributed by atoms with Crippen molar-refractivity contribution in [3.63, 3.8) is 0 Å². The molecule has 0 bridgehead atoms. The molecule has 2 aromatic heterocycles. The van der Waals surface area contributed by atoms with E-state index in [1.165, 1.54) is 21.8 Å². The van der Waals surface area contributed by atoms with E-state index in [9.17, 15) is 9.59 Å². The Morgan fingerprint density at radius 2 is 1.90 bits per heavy atom. The van der Waals surface area contributed by atoms with E-state index in [2.05, 4.69) is 10.3 Å². The molecule has 0 fully saturated rings. The minimum atomic E-state index is -0.223. The third-order valence-electron chi connectivity index (χ3n) is 4.14. The van der Waals surface area contributed by atoms with Crippen LogP contribution >= 0.6 is 22.9 Å². The number of ether oxygens (including phenoxy) is 1. The van der Waals surface area contributed by atoms with Crippen LogP contribution in [-0.2, 0) is 6.61 Å². The number of thiazole rings is 1. The molecular formula is C21H16ClN3O3S. The topological polar surface area (TPSA) is 72.7 Å². The van der Waals surface area contributed by atoms with Gasteiger partial charge in [-0.1, -0.05) is 11.6 Å². The molecule has 6 nitrogen and oxygen atoms in total. The number of nitrogens with zero attached hydrogens (tertiary/aromatic N) is 2. The summed E-state index contributed by atoms with van der Waals surface area (Å²) in [4.78, 5) is 30.5. The van der Waals surface area contributed by atoms with Crippen molar-refractivity contribution < 1.29 is 9.53 Å². The minimum absolute atomic E-state index is 0.127. The number of hydrogen-bond donors (Lipinski definition) is 1. The summed E-state index contributed by atoms with van der Waals surface area (Å²) in [5, 5.41) is 3.39. The largest absolute Gasteiger partial charge is 0.487 e. The molecule has 0 unspecified atom stereocenters. The lowest BCUT2D eigenvalue weighted by Gasteiger charge is -2.08. The van der Waals surface area contributed by atoms with E-state index in [1.54, 1.807) is 54.7 Å². The van der Waals surface area contributed by atoms with Gasteiger partial charge in [0.2, 0.25) is 0 Å². The summed E-state index contributed by atoms with van der Waals surface area (Å²) in [6.45, 7) is 2.11. The fraction of sp³-hybridized carbons (Fsp3) is 0.0952. The average molecular weight is 426 g/mol. The van der Waals surface area contributed by atoms with Crippen molar-refractivity contribution in [2.75, 3.05) is 5.32 Å². The number of hydrogen-bond acceptors (Lipinski definition) is 5. The number of aryl methyl sites for hydroxylation is 1. The second-order valence-electron chi connectivity index (χ2n) is 6.35. The van der Waals surface area contributed by atoms with Gasteiger partial charge in [0.25, 0.3) is 11.5 Å². The van der Waals surface area contributed by atoms with E-state index in [0.29, 0.717) is 32.7 Å². The molecule has 0 saturated carbocycles. The Hall–Kier alpha value is -3.16. The summed E-state index contributed by atoms with van der Waals surface area (Å²) in [5.41, 5.74) is 1.60. The van der Waals surface area contributed by atoms with Gasteiger partial charge in [-0.3, -0.25) is 14.0 Å². The lowest BCUT2D eigenvalue weighted by molar-refractivity contribution is 0.102. The van der Waals surface area contributed by atoms with Gasteiger partial charge < -0.3 is 10.1 Å². The number of nitrogens with one attached hydrogen (secondary N) is 1. The van der Waals surface area contributed by atoms with E-state index in [4.69, 9.17) is 16.3 Å². The maximum absolute atomic E-state index is 12.2. The van der Waals surface area contributed by atoms with Crippen LogP contribution in [-0.4, -0.2) is 15.3 Å². The van der Waals surface area contributed by atoms with E-state index in [0.717, 1.165) is 4.88 Å². The summed E-state index contributed by atoms with van der Waals surface area (Å²) in [7, 11) is 0. The van der Waals surface area contributed by atoms with Gasteiger partial charge in [-0.15, -0.1) is 11.3 Å². The highest BCUT2D eigenvalue weighted by Crippen LogP contribution is 2.19. The molecule has 0 aliphatic heterocycles. The predicted octanol–water partition coefficient (Wildman–Crippen LogP) is 4.55. The molecule has 2 heterocycles.